The van der Waals surface area contributed by atoms with Crippen LogP contribution < -0.4 is 10.1 Å². The third-order valence-electron chi connectivity index (χ3n) is 5.13. The van der Waals surface area contributed by atoms with Gasteiger partial charge in [-0.1, -0.05) is 66.2 Å². The Kier molecular flexibility index (Phi) is 6.05. The predicted molar refractivity (Wildman–Crippen MR) is 122 cm³/mol. The van der Waals surface area contributed by atoms with E-state index in [4.69, 9.17) is 16.3 Å². The molecule has 0 saturated carbocycles. The van der Waals surface area contributed by atoms with Crippen LogP contribution in [-0.4, -0.2) is 30.4 Å². The van der Waals surface area contributed by atoms with Crippen LogP contribution in [0.25, 0.3) is 5.57 Å². The molecule has 1 heterocycles. The van der Waals surface area contributed by atoms with Crippen molar-refractivity contribution >= 4 is 34.7 Å². The minimum absolute atomic E-state index is 0.227. The van der Waals surface area contributed by atoms with Crippen LogP contribution in [0.1, 0.15) is 11.1 Å². The standard InChI is InChI=1S/C25H21ClN2O3/c1-31-21-10-6-5-9-20(21)27-23-22(18-11-13-19(26)14-12-18)24(29)28(25(23)30)16-15-17-7-3-2-4-8-17/h2-14,27H,15-16H2,1H3. The van der Waals surface area contributed by atoms with Crippen LogP contribution in [0.4, 0.5) is 5.69 Å². The molecule has 4 rings (SSSR count). The third kappa shape index (κ3) is 4.32. The van der Waals surface area contributed by atoms with Crippen molar-refractivity contribution in [3.8, 4) is 5.75 Å². The summed E-state index contributed by atoms with van der Waals surface area (Å²) in [6.07, 6.45) is 0.578. The molecule has 0 bridgehead atoms. The number of methoxy groups -OCH3 is 1. The number of halogens is 1. The number of anilines is 1. The number of amides is 2. The number of nitrogens with one attached hydrogen (secondary N) is 1. The van der Waals surface area contributed by atoms with Crippen molar-refractivity contribution in [2.75, 3.05) is 19.0 Å². The first-order valence-electron chi connectivity index (χ1n) is 9.89. The maximum atomic E-state index is 13.3. The van der Waals surface area contributed by atoms with Crippen LogP contribution in [0.15, 0.2) is 84.6 Å². The summed E-state index contributed by atoms with van der Waals surface area (Å²) in [5, 5.41) is 3.70. The molecule has 0 fully saturated rings. The molecule has 0 aliphatic carbocycles. The fourth-order valence-corrected chi connectivity index (χ4v) is 3.67. The summed E-state index contributed by atoms with van der Waals surface area (Å²) in [6.45, 7) is 0.288. The summed E-state index contributed by atoms with van der Waals surface area (Å²) in [4.78, 5) is 27.9. The van der Waals surface area contributed by atoms with Crippen molar-refractivity contribution in [2.24, 2.45) is 0 Å². The van der Waals surface area contributed by atoms with Gasteiger partial charge in [0.15, 0.2) is 0 Å². The number of para-hydroxylation sites is 2. The van der Waals surface area contributed by atoms with Crippen LogP contribution in [0.3, 0.4) is 0 Å². The highest BCUT2D eigenvalue weighted by Gasteiger charge is 2.39. The van der Waals surface area contributed by atoms with Gasteiger partial charge in [-0.3, -0.25) is 14.5 Å². The number of carbonyl (C=O) groups is 2. The van der Waals surface area contributed by atoms with Crippen molar-refractivity contribution in [3.05, 3.63) is 101 Å². The maximum absolute atomic E-state index is 13.3. The molecule has 31 heavy (non-hydrogen) atoms. The lowest BCUT2D eigenvalue weighted by atomic mass is 10.0. The monoisotopic (exact) mass is 432 g/mol. The van der Waals surface area contributed by atoms with Crippen molar-refractivity contribution in [1.29, 1.82) is 0 Å². The number of carbonyl (C=O) groups excluding carboxylic acids is 2. The molecule has 2 amide bonds. The van der Waals surface area contributed by atoms with E-state index in [1.807, 2.05) is 42.5 Å². The Bertz CT molecular complexity index is 1140. The Hall–Kier alpha value is -3.57. The van der Waals surface area contributed by atoms with E-state index in [-0.39, 0.29) is 24.1 Å². The van der Waals surface area contributed by atoms with Crippen LogP contribution in [0.2, 0.25) is 5.02 Å². The largest absolute Gasteiger partial charge is 0.495 e. The first-order valence-corrected chi connectivity index (χ1v) is 10.3. The molecule has 0 radical (unpaired) electrons. The summed E-state index contributed by atoms with van der Waals surface area (Å²) >= 11 is 6.02. The molecule has 0 aromatic heterocycles. The first-order chi connectivity index (χ1) is 15.1. The van der Waals surface area contributed by atoms with Crippen LogP contribution in [0, 0.1) is 0 Å². The molecular weight excluding hydrogens is 412 g/mol. The molecule has 1 aliphatic heterocycles. The number of nitrogens with zero attached hydrogens (tertiary/aromatic N) is 1. The van der Waals surface area contributed by atoms with Crippen LogP contribution in [-0.2, 0) is 16.0 Å². The molecule has 0 unspecified atom stereocenters. The summed E-state index contributed by atoms with van der Waals surface area (Å²) in [5.41, 5.74) is 2.84. The molecule has 0 spiro atoms. The lowest BCUT2D eigenvalue weighted by Crippen LogP contribution is -2.34. The average Bonchev–Trinajstić information content (AvgIpc) is 3.03. The highest BCUT2D eigenvalue weighted by Crippen LogP contribution is 2.33. The Balaban J connectivity index is 1.69. The number of benzene rings is 3. The van der Waals surface area contributed by atoms with Gasteiger partial charge in [0.25, 0.3) is 11.8 Å². The van der Waals surface area contributed by atoms with Gasteiger partial charge in [0.05, 0.1) is 18.4 Å². The van der Waals surface area contributed by atoms with E-state index < -0.39 is 0 Å². The molecule has 3 aromatic carbocycles. The van der Waals surface area contributed by atoms with Gasteiger partial charge in [-0.15, -0.1) is 0 Å². The second-order valence-corrected chi connectivity index (χ2v) is 7.52. The second-order valence-electron chi connectivity index (χ2n) is 7.08. The minimum Gasteiger partial charge on any atom is -0.495 e. The Morgan fingerprint density at radius 1 is 0.871 bits per heavy atom. The fraction of sp³-hybridized carbons (Fsp3) is 0.120. The average molecular weight is 433 g/mol. The molecule has 5 nitrogen and oxygen atoms in total. The zero-order valence-electron chi connectivity index (χ0n) is 17.0. The van der Waals surface area contributed by atoms with Crippen molar-refractivity contribution in [1.82, 2.24) is 4.90 Å². The van der Waals surface area contributed by atoms with E-state index in [2.05, 4.69) is 5.32 Å². The SMILES string of the molecule is COc1ccccc1NC1=C(c2ccc(Cl)cc2)C(=O)N(CCc2ccccc2)C1=O. The number of hydrogen-bond donors (Lipinski definition) is 1. The quantitative estimate of drug-likeness (QED) is 0.546. The van der Waals surface area contributed by atoms with Gasteiger partial charge < -0.3 is 10.1 Å². The highest BCUT2D eigenvalue weighted by atomic mass is 35.5. The van der Waals surface area contributed by atoms with Crippen LogP contribution >= 0.6 is 11.6 Å². The van der Waals surface area contributed by atoms with Crippen molar-refractivity contribution in [3.63, 3.8) is 0 Å². The fourth-order valence-electron chi connectivity index (χ4n) is 3.55. The van der Waals surface area contributed by atoms with Gasteiger partial charge in [-0.25, -0.2) is 0 Å². The lowest BCUT2D eigenvalue weighted by molar-refractivity contribution is -0.136. The smallest absolute Gasteiger partial charge is 0.278 e. The zero-order valence-corrected chi connectivity index (χ0v) is 17.7. The van der Waals surface area contributed by atoms with E-state index in [0.717, 1.165) is 5.56 Å². The molecular formula is C25H21ClN2O3. The molecule has 0 atom stereocenters. The summed E-state index contributed by atoms with van der Waals surface area (Å²) in [6, 6.07) is 23.9. The Labute approximate surface area is 185 Å². The van der Waals surface area contributed by atoms with E-state index in [0.29, 0.717) is 34.0 Å². The first kappa shape index (κ1) is 20.7. The van der Waals surface area contributed by atoms with Crippen molar-refractivity contribution < 1.29 is 14.3 Å². The molecule has 1 aliphatic rings. The second kappa shape index (κ2) is 9.06. The normalized spacial score (nSPS) is 13.7. The van der Waals surface area contributed by atoms with Crippen molar-refractivity contribution in [2.45, 2.75) is 6.42 Å². The Morgan fingerprint density at radius 2 is 1.55 bits per heavy atom. The zero-order chi connectivity index (χ0) is 21.8. The summed E-state index contributed by atoms with van der Waals surface area (Å²) in [7, 11) is 1.56. The minimum atomic E-state index is -0.364. The van der Waals surface area contributed by atoms with Crippen LogP contribution in [0.5, 0.6) is 5.75 Å². The molecule has 3 aromatic rings. The number of rotatable bonds is 7. The van der Waals surface area contributed by atoms with Gasteiger partial charge in [0, 0.05) is 11.6 Å². The van der Waals surface area contributed by atoms with Gasteiger partial charge in [0.1, 0.15) is 11.4 Å². The summed E-state index contributed by atoms with van der Waals surface area (Å²) < 4.78 is 5.39. The third-order valence-corrected chi connectivity index (χ3v) is 5.39. The van der Waals surface area contributed by atoms with Gasteiger partial charge >= 0.3 is 0 Å². The molecule has 6 heteroatoms. The topological polar surface area (TPSA) is 58.6 Å². The maximum Gasteiger partial charge on any atom is 0.278 e. The number of hydrogen-bond acceptors (Lipinski definition) is 4. The van der Waals surface area contributed by atoms with E-state index in [1.54, 1.807) is 43.5 Å². The highest BCUT2D eigenvalue weighted by molar-refractivity contribution is 6.37. The predicted octanol–water partition coefficient (Wildman–Crippen LogP) is 4.78. The van der Waals surface area contributed by atoms with E-state index in [9.17, 15) is 9.59 Å². The number of ether oxygens (including phenoxy) is 1. The lowest BCUT2D eigenvalue weighted by Gasteiger charge is -2.16. The van der Waals surface area contributed by atoms with Gasteiger partial charge in [-0.05, 0) is 41.8 Å². The molecule has 1 N–H and O–H groups in total. The van der Waals surface area contributed by atoms with E-state index in [1.165, 1.54) is 4.90 Å². The summed E-state index contributed by atoms with van der Waals surface area (Å²) in [5.74, 6) is -0.120. The van der Waals surface area contributed by atoms with Gasteiger partial charge in [0.2, 0.25) is 0 Å². The molecule has 156 valence electrons. The Morgan fingerprint density at radius 3 is 2.26 bits per heavy atom. The van der Waals surface area contributed by atoms with Gasteiger partial charge in [-0.2, -0.15) is 0 Å². The number of imide groups is 1. The van der Waals surface area contributed by atoms with E-state index >= 15 is 0 Å². The molecule has 0 saturated heterocycles.